The first-order chi connectivity index (χ1) is 8.49. The molecule has 2 amide bonds. The minimum atomic E-state index is -0.113. The van der Waals surface area contributed by atoms with Crippen molar-refractivity contribution in [2.45, 2.75) is 26.3 Å². The monoisotopic (exact) mass is 254 g/mol. The summed E-state index contributed by atoms with van der Waals surface area (Å²) in [4.78, 5) is 29.4. The molecule has 2 rings (SSSR count). The van der Waals surface area contributed by atoms with Crippen LogP contribution in [-0.4, -0.2) is 67.4 Å². The van der Waals surface area contributed by atoms with Crippen molar-refractivity contribution < 1.29 is 14.5 Å². The van der Waals surface area contributed by atoms with Gasteiger partial charge in [-0.1, -0.05) is 0 Å². The van der Waals surface area contributed by atoms with Crippen LogP contribution in [0.1, 0.15) is 20.3 Å². The fraction of sp³-hybridized carbons (Fsp3) is 0.846. The smallest absolute Gasteiger partial charge is 0.228 e. The number of rotatable bonds is 2. The Hall–Kier alpha value is -1.10. The second-order valence-corrected chi connectivity index (χ2v) is 5.82. The van der Waals surface area contributed by atoms with Crippen molar-refractivity contribution in [2.75, 3.05) is 39.8 Å². The number of hydrogen-bond donors (Lipinski definition) is 1. The van der Waals surface area contributed by atoms with Crippen molar-refractivity contribution in [3.8, 4) is 0 Å². The fourth-order valence-corrected chi connectivity index (χ4v) is 2.76. The van der Waals surface area contributed by atoms with Gasteiger partial charge in [0.1, 0.15) is 0 Å². The highest BCUT2D eigenvalue weighted by Gasteiger charge is 2.38. The van der Waals surface area contributed by atoms with Crippen LogP contribution >= 0.6 is 0 Å². The molecule has 0 spiro atoms. The maximum atomic E-state index is 12.4. The molecule has 18 heavy (non-hydrogen) atoms. The Bertz CT molecular complexity index is 335. The average Bonchev–Trinajstić information content (AvgIpc) is 2.71. The van der Waals surface area contributed by atoms with Gasteiger partial charge in [-0.3, -0.25) is 9.59 Å². The van der Waals surface area contributed by atoms with Gasteiger partial charge in [0.2, 0.25) is 11.8 Å². The van der Waals surface area contributed by atoms with E-state index in [9.17, 15) is 9.59 Å². The summed E-state index contributed by atoms with van der Waals surface area (Å²) in [6.45, 7) is 8.30. The highest BCUT2D eigenvalue weighted by molar-refractivity contribution is 5.89. The molecular formula is C13H24N3O2+. The summed E-state index contributed by atoms with van der Waals surface area (Å²) >= 11 is 0. The summed E-state index contributed by atoms with van der Waals surface area (Å²) in [5.41, 5.74) is 0. The molecule has 2 saturated heterocycles. The summed E-state index contributed by atoms with van der Waals surface area (Å²) < 4.78 is 0. The van der Waals surface area contributed by atoms with Crippen LogP contribution in [0.5, 0.6) is 0 Å². The van der Waals surface area contributed by atoms with E-state index in [1.807, 2.05) is 23.6 Å². The summed E-state index contributed by atoms with van der Waals surface area (Å²) in [6, 6.07) is 0.201. The van der Waals surface area contributed by atoms with Gasteiger partial charge in [0.25, 0.3) is 0 Å². The number of carbonyl (C=O) groups excluding carboxylic acids is 2. The molecular weight excluding hydrogens is 230 g/mol. The second-order valence-electron chi connectivity index (χ2n) is 5.82. The van der Waals surface area contributed by atoms with Gasteiger partial charge in [0.05, 0.1) is 39.1 Å². The third kappa shape index (κ3) is 2.66. The van der Waals surface area contributed by atoms with Gasteiger partial charge in [-0.25, -0.2) is 0 Å². The molecule has 2 heterocycles. The lowest BCUT2D eigenvalue weighted by molar-refractivity contribution is -0.883. The lowest BCUT2D eigenvalue weighted by atomic mass is 10.1. The maximum Gasteiger partial charge on any atom is 0.228 e. The van der Waals surface area contributed by atoms with Crippen LogP contribution < -0.4 is 4.90 Å². The normalized spacial score (nSPS) is 26.2. The predicted molar refractivity (Wildman–Crippen MR) is 68.2 cm³/mol. The van der Waals surface area contributed by atoms with Gasteiger partial charge in [-0.2, -0.15) is 0 Å². The zero-order chi connectivity index (χ0) is 13.3. The number of piperazine rings is 1. The lowest BCUT2D eigenvalue weighted by Crippen LogP contribution is -3.12. The molecule has 5 nitrogen and oxygen atoms in total. The zero-order valence-electron chi connectivity index (χ0n) is 11.6. The molecule has 0 aromatic carbocycles. The number of quaternary nitrogens is 1. The Morgan fingerprint density at radius 2 is 1.94 bits per heavy atom. The number of likely N-dealkylation sites (tertiary alicyclic amines) is 1. The largest absolute Gasteiger partial charge is 0.339 e. The van der Waals surface area contributed by atoms with Gasteiger partial charge in [-0.05, 0) is 13.8 Å². The SMILES string of the molecule is CC(C)N1C[C@H](C(=O)N2CC[NH+](C)CC2)CC1=O. The van der Waals surface area contributed by atoms with Crippen molar-refractivity contribution in [2.24, 2.45) is 5.92 Å². The van der Waals surface area contributed by atoms with Crippen LogP contribution in [-0.2, 0) is 9.59 Å². The molecule has 0 saturated carbocycles. The van der Waals surface area contributed by atoms with Crippen molar-refractivity contribution >= 4 is 11.8 Å². The van der Waals surface area contributed by atoms with Gasteiger partial charge in [-0.15, -0.1) is 0 Å². The van der Waals surface area contributed by atoms with Crippen LogP contribution in [0.25, 0.3) is 0 Å². The van der Waals surface area contributed by atoms with Crippen LogP contribution in [0.3, 0.4) is 0 Å². The Morgan fingerprint density at radius 1 is 1.33 bits per heavy atom. The van der Waals surface area contributed by atoms with Crippen LogP contribution in [0.2, 0.25) is 0 Å². The van der Waals surface area contributed by atoms with Gasteiger partial charge in [0, 0.05) is 19.0 Å². The highest BCUT2D eigenvalue weighted by Crippen LogP contribution is 2.22. The first-order valence-corrected chi connectivity index (χ1v) is 6.88. The molecule has 0 aromatic rings. The molecule has 0 radical (unpaired) electrons. The van der Waals surface area contributed by atoms with Crippen molar-refractivity contribution in [3.63, 3.8) is 0 Å². The van der Waals surface area contributed by atoms with E-state index in [0.717, 1.165) is 26.2 Å². The van der Waals surface area contributed by atoms with Crippen molar-refractivity contribution in [1.29, 1.82) is 0 Å². The van der Waals surface area contributed by atoms with Crippen LogP contribution in [0.15, 0.2) is 0 Å². The second kappa shape index (κ2) is 5.26. The first kappa shape index (κ1) is 13.3. The molecule has 5 heteroatoms. The number of likely N-dealkylation sites (N-methyl/N-ethyl adjacent to an activating group) is 1. The van der Waals surface area contributed by atoms with E-state index in [1.54, 1.807) is 0 Å². The number of hydrogen-bond acceptors (Lipinski definition) is 2. The fourth-order valence-electron chi connectivity index (χ4n) is 2.76. The molecule has 1 N–H and O–H groups in total. The number of nitrogens with zero attached hydrogens (tertiary/aromatic N) is 2. The number of carbonyl (C=O) groups is 2. The Labute approximate surface area is 109 Å². The highest BCUT2D eigenvalue weighted by atomic mass is 16.2. The summed E-state index contributed by atoms with van der Waals surface area (Å²) in [6.07, 6.45) is 0.399. The van der Waals surface area contributed by atoms with E-state index < -0.39 is 0 Å². The van der Waals surface area contributed by atoms with Crippen LogP contribution in [0, 0.1) is 5.92 Å². The average molecular weight is 254 g/mol. The minimum absolute atomic E-state index is 0.113. The van der Waals surface area contributed by atoms with E-state index in [4.69, 9.17) is 0 Å². The number of amides is 2. The van der Waals surface area contributed by atoms with E-state index in [1.165, 1.54) is 4.90 Å². The Kier molecular flexibility index (Phi) is 3.90. The molecule has 102 valence electrons. The molecule has 1 atom stereocenters. The van der Waals surface area contributed by atoms with Crippen molar-refractivity contribution in [1.82, 2.24) is 9.80 Å². The Morgan fingerprint density at radius 3 is 2.44 bits per heavy atom. The standard InChI is InChI=1S/C13H23N3O2/c1-10(2)16-9-11(8-12(16)17)13(18)15-6-4-14(3)5-7-15/h10-11H,4-9H2,1-3H3/p+1/t11-/m1/s1. The molecule has 0 unspecified atom stereocenters. The first-order valence-electron chi connectivity index (χ1n) is 6.88. The zero-order valence-corrected chi connectivity index (χ0v) is 11.6. The molecule has 0 bridgehead atoms. The third-order valence-corrected chi connectivity index (χ3v) is 4.06. The summed E-state index contributed by atoms with van der Waals surface area (Å²) in [5.74, 6) is 0.195. The molecule has 2 aliphatic rings. The van der Waals surface area contributed by atoms with Crippen LogP contribution in [0.4, 0.5) is 0 Å². The minimum Gasteiger partial charge on any atom is -0.339 e. The van der Waals surface area contributed by atoms with E-state index >= 15 is 0 Å². The Balaban J connectivity index is 1.93. The predicted octanol–water partition coefficient (Wildman–Crippen LogP) is -1.40. The lowest BCUT2D eigenvalue weighted by Gasteiger charge is -2.31. The van der Waals surface area contributed by atoms with Gasteiger partial charge in [0.15, 0.2) is 0 Å². The number of nitrogens with one attached hydrogen (secondary N) is 1. The molecule has 2 fully saturated rings. The van der Waals surface area contributed by atoms with Crippen molar-refractivity contribution in [3.05, 3.63) is 0 Å². The van der Waals surface area contributed by atoms with Gasteiger partial charge >= 0.3 is 0 Å². The third-order valence-electron chi connectivity index (χ3n) is 4.06. The summed E-state index contributed by atoms with van der Waals surface area (Å²) in [7, 11) is 2.15. The van der Waals surface area contributed by atoms with E-state index in [-0.39, 0.29) is 23.8 Å². The summed E-state index contributed by atoms with van der Waals surface area (Å²) in [5, 5.41) is 0. The molecule has 2 aliphatic heterocycles. The van der Waals surface area contributed by atoms with E-state index in [0.29, 0.717) is 13.0 Å². The van der Waals surface area contributed by atoms with E-state index in [2.05, 4.69) is 7.05 Å². The molecule has 0 aromatic heterocycles. The molecule has 0 aliphatic carbocycles. The van der Waals surface area contributed by atoms with Gasteiger partial charge < -0.3 is 14.7 Å². The quantitative estimate of drug-likeness (QED) is 0.659. The topological polar surface area (TPSA) is 45.1 Å². The maximum absolute atomic E-state index is 12.4.